The summed E-state index contributed by atoms with van der Waals surface area (Å²) >= 11 is 0. The average molecular weight is 232 g/mol. The van der Waals surface area contributed by atoms with Crippen LogP contribution in [-0.4, -0.2) is 36.9 Å². The molecule has 0 aromatic heterocycles. The topological polar surface area (TPSA) is 49.4 Å². The Balaban J connectivity index is 2.20. The summed E-state index contributed by atoms with van der Waals surface area (Å²) in [5, 5.41) is 3.00. The molecular weight excluding hydrogens is 216 g/mol. The molecule has 0 radical (unpaired) electrons. The minimum Gasteiger partial charge on any atom is -0.320 e. The van der Waals surface area contributed by atoms with Gasteiger partial charge in [0.05, 0.1) is 11.1 Å². The van der Waals surface area contributed by atoms with Crippen molar-refractivity contribution in [2.75, 3.05) is 20.1 Å². The first-order chi connectivity index (χ1) is 8.15. The van der Waals surface area contributed by atoms with Gasteiger partial charge < -0.3 is 5.32 Å². The van der Waals surface area contributed by atoms with Gasteiger partial charge in [0.15, 0.2) is 0 Å². The van der Waals surface area contributed by atoms with E-state index in [-0.39, 0.29) is 11.8 Å². The molecule has 90 valence electrons. The Labute approximate surface area is 101 Å². The molecule has 0 bridgehead atoms. The zero-order valence-corrected chi connectivity index (χ0v) is 10.1. The van der Waals surface area contributed by atoms with Gasteiger partial charge in [-0.25, -0.2) is 0 Å². The summed E-state index contributed by atoms with van der Waals surface area (Å²) in [7, 11) is 1.85. The minimum atomic E-state index is -0.166. The molecule has 1 aliphatic heterocycles. The summed E-state index contributed by atoms with van der Waals surface area (Å²) in [4.78, 5) is 25.4. The second kappa shape index (κ2) is 4.67. The Morgan fingerprint density at radius 1 is 1.18 bits per heavy atom. The highest BCUT2D eigenvalue weighted by Crippen LogP contribution is 2.23. The van der Waals surface area contributed by atoms with E-state index in [1.165, 1.54) is 4.90 Å². The number of carbonyl (C=O) groups is 2. The first-order valence-corrected chi connectivity index (χ1v) is 5.76. The standard InChI is InChI=1S/C13H16N2O2/c1-9-4-5-10-11(8-9)13(17)15(12(10)16)7-3-6-14-2/h4-5,8,14H,3,6-7H2,1-2H3. The lowest BCUT2D eigenvalue weighted by Crippen LogP contribution is -2.32. The molecule has 0 aliphatic carbocycles. The van der Waals surface area contributed by atoms with Crippen molar-refractivity contribution < 1.29 is 9.59 Å². The van der Waals surface area contributed by atoms with Crippen molar-refractivity contribution in [1.29, 1.82) is 0 Å². The Hall–Kier alpha value is -1.68. The molecule has 0 spiro atoms. The van der Waals surface area contributed by atoms with E-state index >= 15 is 0 Å². The molecule has 0 saturated heterocycles. The molecule has 1 aliphatic rings. The van der Waals surface area contributed by atoms with Crippen LogP contribution in [0.1, 0.15) is 32.7 Å². The number of amides is 2. The van der Waals surface area contributed by atoms with Gasteiger partial charge in [0.1, 0.15) is 0 Å². The Morgan fingerprint density at radius 2 is 1.88 bits per heavy atom. The predicted molar refractivity (Wildman–Crippen MR) is 65.1 cm³/mol. The molecule has 1 aromatic rings. The monoisotopic (exact) mass is 232 g/mol. The number of nitrogens with zero attached hydrogens (tertiary/aromatic N) is 1. The Bertz CT molecular complexity index is 468. The van der Waals surface area contributed by atoms with Gasteiger partial charge in [0, 0.05) is 6.54 Å². The summed E-state index contributed by atoms with van der Waals surface area (Å²) in [5.74, 6) is -0.328. The van der Waals surface area contributed by atoms with Crippen LogP contribution >= 0.6 is 0 Å². The molecule has 4 heteroatoms. The van der Waals surface area contributed by atoms with E-state index in [0.717, 1.165) is 18.5 Å². The zero-order valence-electron chi connectivity index (χ0n) is 10.1. The third-order valence-corrected chi connectivity index (χ3v) is 2.93. The Kier molecular flexibility index (Phi) is 3.24. The van der Waals surface area contributed by atoms with Crippen LogP contribution in [0.5, 0.6) is 0 Å². The molecule has 1 aromatic carbocycles. The zero-order chi connectivity index (χ0) is 12.4. The van der Waals surface area contributed by atoms with E-state index in [9.17, 15) is 9.59 Å². The van der Waals surface area contributed by atoms with Crippen molar-refractivity contribution in [1.82, 2.24) is 10.2 Å². The maximum Gasteiger partial charge on any atom is 0.261 e. The summed E-state index contributed by atoms with van der Waals surface area (Å²) in [6.07, 6.45) is 0.779. The molecule has 2 rings (SSSR count). The number of hydrogen-bond acceptors (Lipinski definition) is 3. The number of nitrogens with one attached hydrogen (secondary N) is 1. The number of carbonyl (C=O) groups excluding carboxylic acids is 2. The fourth-order valence-electron chi connectivity index (χ4n) is 2.02. The largest absolute Gasteiger partial charge is 0.320 e. The molecule has 1 N–H and O–H groups in total. The van der Waals surface area contributed by atoms with Gasteiger partial charge in [-0.05, 0) is 39.1 Å². The molecule has 0 saturated carbocycles. The van der Waals surface area contributed by atoms with Crippen LogP contribution in [-0.2, 0) is 0 Å². The molecule has 0 unspecified atom stereocenters. The van der Waals surface area contributed by atoms with Crippen molar-refractivity contribution in [3.8, 4) is 0 Å². The fourth-order valence-corrected chi connectivity index (χ4v) is 2.02. The number of aryl methyl sites for hydroxylation is 1. The summed E-state index contributed by atoms with van der Waals surface area (Å²) in [6, 6.07) is 5.39. The number of fused-ring (bicyclic) bond motifs is 1. The number of rotatable bonds is 4. The lowest BCUT2D eigenvalue weighted by atomic mass is 10.1. The van der Waals surface area contributed by atoms with Gasteiger partial charge in [0.25, 0.3) is 11.8 Å². The van der Waals surface area contributed by atoms with Gasteiger partial charge in [-0.3, -0.25) is 14.5 Å². The third-order valence-electron chi connectivity index (χ3n) is 2.93. The smallest absolute Gasteiger partial charge is 0.261 e. The predicted octanol–water partition coefficient (Wildman–Crippen LogP) is 1.20. The third kappa shape index (κ3) is 2.08. The molecule has 0 fully saturated rings. The van der Waals surface area contributed by atoms with Gasteiger partial charge >= 0.3 is 0 Å². The summed E-state index contributed by atoms with van der Waals surface area (Å²) < 4.78 is 0. The van der Waals surface area contributed by atoms with Crippen molar-refractivity contribution in [3.63, 3.8) is 0 Å². The van der Waals surface area contributed by atoms with Crippen LogP contribution in [0.3, 0.4) is 0 Å². The van der Waals surface area contributed by atoms with E-state index in [1.54, 1.807) is 12.1 Å². The van der Waals surface area contributed by atoms with Crippen LogP contribution in [0.15, 0.2) is 18.2 Å². The van der Waals surface area contributed by atoms with Crippen molar-refractivity contribution in [3.05, 3.63) is 34.9 Å². The van der Waals surface area contributed by atoms with Gasteiger partial charge in [0.2, 0.25) is 0 Å². The number of benzene rings is 1. The second-order valence-corrected chi connectivity index (χ2v) is 4.27. The first-order valence-electron chi connectivity index (χ1n) is 5.76. The Morgan fingerprint density at radius 3 is 2.59 bits per heavy atom. The maximum absolute atomic E-state index is 12.0. The van der Waals surface area contributed by atoms with Gasteiger partial charge in [-0.1, -0.05) is 11.6 Å². The van der Waals surface area contributed by atoms with E-state index < -0.39 is 0 Å². The molecule has 0 atom stereocenters. The van der Waals surface area contributed by atoms with E-state index in [2.05, 4.69) is 5.32 Å². The van der Waals surface area contributed by atoms with Crippen molar-refractivity contribution in [2.24, 2.45) is 0 Å². The molecule has 17 heavy (non-hydrogen) atoms. The SMILES string of the molecule is CNCCCN1C(=O)c2ccc(C)cc2C1=O. The molecule has 4 nitrogen and oxygen atoms in total. The van der Waals surface area contributed by atoms with Gasteiger partial charge in [-0.15, -0.1) is 0 Å². The normalized spacial score (nSPS) is 14.4. The van der Waals surface area contributed by atoms with Crippen LogP contribution in [0.4, 0.5) is 0 Å². The van der Waals surface area contributed by atoms with E-state index in [1.807, 2.05) is 20.0 Å². The number of imide groups is 1. The van der Waals surface area contributed by atoms with Crippen LogP contribution in [0.25, 0.3) is 0 Å². The average Bonchev–Trinajstić information content (AvgIpc) is 2.54. The molecular formula is C13H16N2O2. The number of hydrogen-bond donors (Lipinski definition) is 1. The van der Waals surface area contributed by atoms with Crippen LogP contribution in [0, 0.1) is 6.92 Å². The second-order valence-electron chi connectivity index (χ2n) is 4.27. The summed E-state index contributed by atoms with van der Waals surface area (Å²) in [6.45, 7) is 3.19. The van der Waals surface area contributed by atoms with Crippen molar-refractivity contribution in [2.45, 2.75) is 13.3 Å². The first kappa shape index (κ1) is 11.8. The molecule has 1 heterocycles. The van der Waals surface area contributed by atoms with Crippen molar-refractivity contribution >= 4 is 11.8 Å². The summed E-state index contributed by atoms with van der Waals surface area (Å²) in [5.41, 5.74) is 2.08. The lowest BCUT2D eigenvalue weighted by Gasteiger charge is -2.12. The van der Waals surface area contributed by atoms with Crippen LogP contribution in [0.2, 0.25) is 0 Å². The fraction of sp³-hybridized carbons (Fsp3) is 0.385. The highest BCUT2D eigenvalue weighted by Gasteiger charge is 2.34. The maximum atomic E-state index is 12.0. The minimum absolute atomic E-state index is 0.162. The van der Waals surface area contributed by atoms with E-state index in [4.69, 9.17) is 0 Å². The lowest BCUT2D eigenvalue weighted by molar-refractivity contribution is 0.0653. The highest BCUT2D eigenvalue weighted by molar-refractivity contribution is 6.21. The quantitative estimate of drug-likeness (QED) is 0.627. The van der Waals surface area contributed by atoms with E-state index in [0.29, 0.717) is 17.7 Å². The van der Waals surface area contributed by atoms with Gasteiger partial charge in [-0.2, -0.15) is 0 Å². The highest BCUT2D eigenvalue weighted by atomic mass is 16.2. The molecule has 2 amide bonds. The van der Waals surface area contributed by atoms with Crippen LogP contribution < -0.4 is 5.32 Å².